The van der Waals surface area contributed by atoms with Crippen LogP contribution in [-0.2, 0) is 9.59 Å². The number of carbonyl (C=O) groups is 2. The summed E-state index contributed by atoms with van der Waals surface area (Å²) in [6.45, 7) is 1.16. The van der Waals surface area contributed by atoms with Gasteiger partial charge in [-0.3, -0.25) is 9.59 Å². The molecule has 1 saturated carbocycles. The molecule has 5 heteroatoms. The molecule has 1 atom stereocenters. The second kappa shape index (κ2) is 3.48. The van der Waals surface area contributed by atoms with Crippen molar-refractivity contribution in [2.24, 2.45) is 11.1 Å². The van der Waals surface area contributed by atoms with Gasteiger partial charge in [-0.15, -0.1) is 0 Å². The zero-order chi connectivity index (χ0) is 11.1. The number of hydrogen-bond donors (Lipinski definition) is 2. The van der Waals surface area contributed by atoms with Gasteiger partial charge in [0.2, 0.25) is 5.91 Å². The molecule has 0 aromatic heterocycles. The molecular weight excluding hydrogens is 196 g/mol. The molecule has 0 radical (unpaired) electrons. The molecule has 2 aliphatic rings. The van der Waals surface area contributed by atoms with Crippen molar-refractivity contribution in [3.63, 3.8) is 0 Å². The molecule has 1 amide bonds. The lowest BCUT2D eigenvalue weighted by Gasteiger charge is -2.32. The van der Waals surface area contributed by atoms with E-state index in [-0.39, 0.29) is 11.9 Å². The maximum atomic E-state index is 12.0. The quantitative estimate of drug-likeness (QED) is 0.621. The summed E-state index contributed by atoms with van der Waals surface area (Å²) < 4.78 is 0. The number of rotatable bonds is 2. The van der Waals surface area contributed by atoms with Crippen LogP contribution < -0.4 is 5.73 Å². The SMILES string of the molecule is NC1CCCN(C(=O)C2(C(=O)O)CC2)C1. The first-order valence-corrected chi connectivity index (χ1v) is 5.34. The Kier molecular flexibility index (Phi) is 2.42. The van der Waals surface area contributed by atoms with Gasteiger partial charge < -0.3 is 15.7 Å². The summed E-state index contributed by atoms with van der Waals surface area (Å²) in [4.78, 5) is 24.5. The minimum absolute atomic E-state index is 0.00675. The lowest BCUT2D eigenvalue weighted by Crippen LogP contribution is -2.49. The van der Waals surface area contributed by atoms with Crippen LogP contribution in [0, 0.1) is 5.41 Å². The summed E-state index contributed by atoms with van der Waals surface area (Å²) in [5, 5.41) is 8.99. The Morgan fingerprint density at radius 2 is 2.07 bits per heavy atom. The molecule has 1 aliphatic heterocycles. The third-order valence-corrected chi connectivity index (χ3v) is 3.31. The van der Waals surface area contributed by atoms with E-state index >= 15 is 0 Å². The predicted molar refractivity (Wildman–Crippen MR) is 53.1 cm³/mol. The number of likely N-dealkylation sites (tertiary alicyclic amines) is 1. The number of carboxylic acid groups (broad SMARTS) is 1. The third kappa shape index (κ3) is 1.71. The average molecular weight is 212 g/mol. The molecule has 1 saturated heterocycles. The number of carbonyl (C=O) groups excluding carboxylic acids is 1. The number of nitrogens with two attached hydrogens (primary N) is 1. The monoisotopic (exact) mass is 212 g/mol. The van der Waals surface area contributed by atoms with Gasteiger partial charge in [0.25, 0.3) is 0 Å². The van der Waals surface area contributed by atoms with Crippen molar-refractivity contribution in [3.8, 4) is 0 Å². The second-order valence-corrected chi connectivity index (χ2v) is 4.54. The molecule has 1 unspecified atom stereocenters. The number of aliphatic carboxylic acids is 1. The largest absolute Gasteiger partial charge is 0.480 e. The molecular formula is C10H16N2O3. The Balaban J connectivity index is 2.04. The molecule has 0 aromatic carbocycles. The van der Waals surface area contributed by atoms with Gasteiger partial charge in [-0.05, 0) is 25.7 Å². The van der Waals surface area contributed by atoms with Gasteiger partial charge in [0, 0.05) is 19.1 Å². The molecule has 0 aromatic rings. The van der Waals surface area contributed by atoms with Crippen molar-refractivity contribution in [3.05, 3.63) is 0 Å². The zero-order valence-corrected chi connectivity index (χ0v) is 8.61. The number of hydrogen-bond acceptors (Lipinski definition) is 3. The van der Waals surface area contributed by atoms with E-state index in [0.717, 1.165) is 12.8 Å². The highest BCUT2D eigenvalue weighted by molar-refractivity contribution is 6.04. The minimum Gasteiger partial charge on any atom is -0.480 e. The smallest absolute Gasteiger partial charge is 0.319 e. The Labute approximate surface area is 88.2 Å². The Morgan fingerprint density at radius 1 is 1.40 bits per heavy atom. The van der Waals surface area contributed by atoms with Crippen LogP contribution in [0.1, 0.15) is 25.7 Å². The standard InChI is InChI=1S/C10H16N2O3/c11-7-2-1-5-12(6-7)8(13)10(3-4-10)9(14)15/h7H,1-6,11H2,(H,14,15). The van der Waals surface area contributed by atoms with Crippen LogP contribution in [0.15, 0.2) is 0 Å². The van der Waals surface area contributed by atoms with E-state index in [4.69, 9.17) is 10.8 Å². The predicted octanol–water partition coefficient (Wildman–Crippen LogP) is -0.199. The Hall–Kier alpha value is -1.10. The van der Waals surface area contributed by atoms with E-state index in [2.05, 4.69) is 0 Å². The number of amides is 1. The van der Waals surface area contributed by atoms with Gasteiger partial charge >= 0.3 is 5.97 Å². The van der Waals surface area contributed by atoms with Crippen LogP contribution in [0.25, 0.3) is 0 Å². The molecule has 5 nitrogen and oxygen atoms in total. The maximum absolute atomic E-state index is 12.0. The van der Waals surface area contributed by atoms with Crippen LogP contribution in [0.2, 0.25) is 0 Å². The lowest BCUT2D eigenvalue weighted by molar-refractivity contribution is -0.154. The summed E-state index contributed by atoms with van der Waals surface area (Å²) >= 11 is 0. The highest BCUT2D eigenvalue weighted by Gasteiger charge is 2.58. The Morgan fingerprint density at radius 3 is 2.53 bits per heavy atom. The fraction of sp³-hybridized carbons (Fsp3) is 0.800. The molecule has 0 spiro atoms. The van der Waals surface area contributed by atoms with Crippen molar-refractivity contribution in [2.75, 3.05) is 13.1 Å². The first-order valence-electron chi connectivity index (χ1n) is 5.34. The van der Waals surface area contributed by atoms with Gasteiger partial charge in [-0.2, -0.15) is 0 Å². The summed E-state index contributed by atoms with van der Waals surface area (Å²) in [7, 11) is 0. The average Bonchev–Trinajstić information content (AvgIpc) is 2.97. The van der Waals surface area contributed by atoms with Crippen molar-refractivity contribution in [1.82, 2.24) is 4.90 Å². The van der Waals surface area contributed by atoms with Gasteiger partial charge in [0.1, 0.15) is 5.41 Å². The van der Waals surface area contributed by atoms with E-state index in [1.54, 1.807) is 4.90 Å². The summed E-state index contributed by atoms with van der Waals surface area (Å²) in [6.07, 6.45) is 2.76. The van der Waals surface area contributed by atoms with E-state index < -0.39 is 11.4 Å². The fourth-order valence-corrected chi connectivity index (χ4v) is 2.14. The van der Waals surface area contributed by atoms with Crippen molar-refractivity contribution < 1.29 is 14.7 Å². The molecule has 84 valence electrons. The summed E-state index contributed by atoms with van der Waals surface area (Å²) in [6, 6.07) is 0.00675. The van der Waals surface area contributed by atoms with Crippen LogP contribution in [0.5, 0.6) is 0 Å². The molecule has 0 bridgehead atoms. The summed E-state index contributed by atoms with van der Waals surface area (Å²) in [5.41, 5.74) is 4.66. The third-order valence-electron chi connectivity index (χ3n) is 3.31. The normalized spacial score (nSPS) is 28.6. The first-order chi connectivity index (χ1) is 7.06. The van der Waals surface area contributed by atoms with Gasteiger partial charge in [-0.1, -0.05) is 0 Å². The van der Waals surface area contributed by atoms with Gasteiger partial charge in [0.05, 0.1) is 0 Å². The Bertz CT molecular complexity index is 299. The minimum atomic E-state index is -1.10. The second-order valence-electron chi connectivity index (χ2n) is 4.54. The van der Waals surface area contributed by atoms with Crippen LogP contribution in [0.3, 0.4) is 0 Å². The van der Waals surface area contributed by atoms with Crippen LogP contribution in [-0.4, -0.2) is 41.0 Å². The highest BCUT2D eigenvalue weighted by atomic mass is 16.4. The molecule has 2 fully saturated rings. The molecule has 1 heterocycles. The van der Waals surface area contributed by atoms with E-state index in [0.29, 0.717) is 25.9 Å². The number of nitrogens with zero attached hydrogens (tertiary/aromatic N) is 1. The topological polar surface area (TPSA) is 83.6 Å². The lowest BCUT2D eigenvalue weighted by atomic mass is 10.0. The van der Waals surface area contributed by atoms with Crippen molar-refractivity contribution >= 4 is 11.9 Å². The van der Waals surface area contributed by atoms with E-state index in [9.17, 15) is 9.59 Å². The van der Waals surface area contributed by atoms with E-state index in [1.165, 1.54) is 0 Å². The van der Waals surface area contributed by atoms with Gasteiger partial charge in [0.15, 0.2) is 0 Å². The molecule has 3 N–H and O–H groups in total. The zero-order valence-electron chi connectivity index (χ0n) is 8.61. The highest BCUT2D eigenvalue weighted by Crippen LogP contribution is 2.47. The molecule has 15 heavy (non-hydrogen) atoms. The van der Waals surface area contributed by atoms with E-state index in [1.807, 2.05) is 0 Å². The fourth-order valence-electron chi connectivity index (χ4n) is 2.14. The van der Waals surface area contributed by atoms with Gasteiger partial charge in [-0.25, -0.2) is 0 Å². The summed E-state index contributed by atoms with van der Waals surface area (Å²) in [5.74, 6) is -1.21. The van der Waals surface area contributed by atoms with Crippen molar-refractivity contribution in [2.45, 2.75) is 31.7 Å². The van der Waals surface area contributed by atoms with Crippen molar-refractivity contribution in [1.29, 1.82) is 0 Å². The van der Waals surface area contributed by atoms with Crippen LogP contribution in [0.4, 0.5) is 0 Å². The molecule has 2 rings (SSSR count). The number of piperidine rings is 1. The molecule has 1 aliphatic carbocycles. The first kappa shape index (κ1) is 10.4. The van der Waals surface area contributed by atoms with Crippen LogP contribution >= 0.6 is 0 Å². The maximum Gasteiger partial charge on any atom is 0.319 e. The number of carboxylic acids is 1.